The number of likely N-dealkylation sites (tertiary alicyclic amines) is 1. The van der Waals surface area contributed by atoms with E-state index in [1.54, 1.807) is 0 Å². The maximum Gasteiger partial charge on any atom is 0.311 e. The molecule has 1 heterocycles. The Balaban J connectivity index is 2.28. The summed E-state index contributed by atoms with van der Waals surface area (Å²) >= 11 is 0. The first-order valence-electron chi connectivity index (χ1n) is 7.20. The van der Waals surface area contributed by atoms with E-state index in [9.17, 15) is 28.3 Å². The van der Waals surface area contributed by atoms with Crippen LogP contribution in [0.5, 0.6) is 0 Å². The predicted molar refractivity (Wildman–Crippen MR) is 76.8 cm³/mol. The first kappa shape index (κ1) is 17.1. The van der Waals surface area contributed by atoms with Crippen LogP contribution in [-0.2, 0) is 9.59 Å². The van der Waals surface area contributed by atoms with Crippen LogP contribution in [0.25, 0.3) is 0 Å². The Kier molecular flexibility index (Phi) is 4.49. The van der Waals surface area contributed by atoms with Crippen LogP contribution in [0.3, 0.4) is 0 Å². The Morgan fingerprint density at radius 3 is 2.48 bits per heavy atom. The molecule has 0 aromatic heterocycles. The number of Topliss-reactive ketones (excluding diaryl/α,β-unsaturated/α-hetero) is 1. The SMILES string of the molecule is CC(C)(C(=O)O)C1CCCN1C(=O)C(=O)c1ccc(F)cc1F. The van der Waals surface area contributed by atoms with E-state index in [-0.39, 0.29) is 6.54 Å². The highest BCUT2D eigenvalue weighted by molar-refractivity contribution is 6.42. The summed E-state index contributed by atoms with van der Waals surface area (Å²) < 4.78 is 26.6. The molecule has 7 heteroatoms. The van der Waals surface area contributed by atoms with Gasteiger partial charge in [-0.05, 0) is 38.8 Å². The molecule has 5 nitrogen and oxygen atoms in total. The third-order valence-corrected chi connectivity index (χ3v) is 4.27. The fraction of sp³-hybridized carbons (Fsp3) is 0.438. The molecule has 1 aromatic carbocycles. The molecule has 0 aliphatic carbocycles. The highest BCUT2D eigenvalue weighted by Gasteiger charge is 2.46. The Labute approximate surface area is 131 Å². The number of amides is 1. The largest absolute Gasteiger partial charge is 0.481 e. The van der Waals surface area contributed by atoms with Crippen LogP contribution in [-0.4, -0.2) is 40.3 Å². The van der Waals surface area contributed by atoms with Gasteiger partial charge >= 0.3 is 5.97 Å². The molecule has 1 amide bonds. The van der Waals surface area contributed by atoms with E-state index in [1.807, 2.05) is 0 Å². The zero-order valence-electron chi connectivity index (χ0n) is 12.8. The highest BCUT2D eigenvalue weighted by atomic mass is 19.1. The summed E-state index contributed by atoms with van der Waals surface area (Å²) in [5.74, 6) is -5.11. The normalized spacial score (nSPS) is 18.1. The predicted octanol–water partition coefficient (Wildman–Crippen LogP) is 2.25. The van der Waals surface area contributed by atoms with E-state index in [4.69, 9.17) is 0 Å². The van der Waals surface area contributed by atoms with Crippen LogP contribution in [0.2, 0.25) is 0 Å². The van der Waals surface area contributed by atoms with Crippen LogP contribution in [0.1, 0.15) is 37.0 Å². The quantitative estimate of drug-likeness (QED) is 0.680. The molecule has 2 rings (SSSR count). The van der Waals surface area contributed by atoms with Gasteiger partial charge in [-0.15, -0.1) is 0 Å². The summed E-state index contributed by atoms with van der Waals surface area (Å²) in [5.41, 5.74) is -1.75. The molecule has 0 saturated carbocycles. The minimum atomic E-state index is -1.23. The van der Waals surface area contributed by atoms with Crippen molar-refractivity contribution in [2.45, 2.75) is 32.7 Å². The summed E-state index contributed by atoms with van der Waals surface area (Å²) in [4.78, 5) is 37.2. The zero-order chi connectivity index (χ0) is 17.4. The molecular weight excluding hydrogens is 308 g/mol. The number of aliphatic carboxylic acids is 1. The minimum Gasteiger partial charge on any atom is -0.481 e. The topological polar surface area (TPSA) is 74.7 Å². The van der Waals surface area contributed by atoms with Gasteiger partial charge < -0.3 is 10.0 Å². The molecule has 23 heavy (non-hydrogen) atoms. The second kappa shape index (κ2) is 6.06. The van der Waals surface area contributed by atoms with Crippen molar-refractivity contribution in [3.63, 3.8) is 0 Å². The average Bonchev–Trinajstić information content (AvgIpc) is 2.95. The first-order chi connectivity index (χ1) is 10.7. The van der Waals surface area contributed by atoms with Gasteiger partial charge in [-0.3, -0.25) is 14.4 Å². The molecule has 1 fully saturated rings. The Bertz CT molecular complexity index is 672. The summed E-state index contributed by atoms with van der Waals surface area (Å²) in [5, 5.41) is 9.31. The Morgan fingerprint density at radius 2 is 1.91 bits per heavy atom. The van der Waals surface area contributed by atoms with Crippen molar-refractivity contribution in [1.82, 2.24) is 4.90 Å². The number of ketones is 1. The fourth-order valence-corrected chi connectivity index (χ4v) is 2.82. The molecule has 1 atom stereocenters. The van der Waals surface area contributed by atoms with Gasteiger partial charge in [0.1, 0.15) is 11.6 Å². The van der Waals surface area contributed by atoms with Gasteiger partial charge in [0.15, 0.2) is 0 Å². The van der Waals surface area contributed by atoms with Gasteiger partial charge in [0.05, 0.1) is 11.0 Å². The van der Waals surface area contributed by atoms with Crippen LogP contribution < -0.4 is 0 Å². The van der Waals surface area contributed by atoms with E-state index in [0.717, 1.165) is 12.1 Å². The second-order valence-electron chi connectivity index (χ2n) is 6.14. The smallest absolute Gasteiger partial charge is 0.311 e. The van der Waals surface area contributed by atoms with Crippen molar-refractivity contribution in [2.24, 2.45) is 5.41 Å². The van der Waals surface area contributed by atoms with E-state index >= 15 is 0 Å². The molecule has 1 aromatic rings. The third kappa shape index (κ3) is 3.09. The number of carbonyl (C=O) groups is 3. The molecule has 1 N–H and O–H groups in total. The zero-order valence-corrected chi connectivity index (χ0v) is 12.8. The monoisotopic (exact) mass is 325 g/mol. The van der Waals surface area contributed by atoms with Gasteiger partial charge in [-0.2, -0.15) is 0 Å². The lowest BCUT2D eigenvalue weighted by atomic mass is 9.83. The molecule has 1 unspecified atom stereocenters. The van der Waals surface area contributed by atoms with Crippen molar-refractivity contribution in [3.05, 3.63) is 35.4 Å². The molecule has 1 aliphatic heterocycles. The molecule has 0 bridgehead atoms. The summed E-state index contributed by atoms with van der Waals surface area (Å²) in [6, 6.07) is 1.69. The average molecular weight is 325 g/mol. The van der Waals surface area contributed by atoms with E-state index in [1.165, 1.54) is 18.7 Å². The van der Waals surface area contributed by atoms with E-state index in [0.29, 0.717) is 18.9 Å². The maximum atomic E-state index is 13.7. The van der Waals surface area contributed by atoms with Crippen molar-refractivity contribution in [1.29, 1.82) is 0 Å². The Hall–Kier alpha value is -2.31. The lowest BCUT2D eigenvalue weighted by molar-refractivity contribution is -0.151. The van der Waals surface area contributed by atoms with Crippen molar-refractivity contribution < 1.29 is 28.3 Å². The number of benzene rings is 1. The molecule has 0 radical (unpaired) electrons. The van der Waals surface area contributed by atoms with Crippen molar-refractivity contribution in [2.75, 3.05) is 6.54 Å². The van der Waals surface area contributed by atoms with Crippen LogP contribution >= 0.6 is 0 Å². The minimum absolute atomic E-state index is 0.231. The first-order valence-corrected chi connectivity index (χ1v) is 7.20. The maximum absolute atomic E-state index is 13.7. The molecular formula is C16H17F2NO4. The third-order valence-electron chi connectivity index (χ3n) is 4.27. The number of carbonyl (C=O) groups excluding carboxylic acids is 2. The summed E-state index contributed by atoms with van der Waals surface area (Å²) in [6.45, 7) is 3.19. The summed E-state index contributed by atoms with van der Waals surface area (Å²) in [7, 11) is 0. The van der Waals surface area contributed by atoms with Crippen LogP contribution in [0.15, 0.2) is 18.2 Å². The summed E-state index contributed by atoms with van der Waals surface area (Å²) in [6.07, 6.45) is 1.01. The van der Waals surface area contributed by atoms with Crippen molar-refractivity contribution in [3.8, 4) is 0 Å². The van der Waals surface area contributed by atoms with E-state index in [2.05, 4.69) is 0 Å². The van der Waals surface area contributed by atoms with Gasteiger partial charge in [-0.25, -0.2) is 8.78 Å². The number of carboxylic acids is 1. The number of carboxylic acid groups (broad SMARTS) is 1. The lowest BCUT2D eigenvalue weighted by Crippen LogP contribution is -2.50. The number of rotatable bonds is 4. The standard InChI is InChI=1S/C16H17F2NO4/c1-16(2,15(22)23)12-4-3-7-19(12)14(21)13(20)10-6-5-9(17)8-11(10)18/h5-6,8,12H,3-4,7H2,1-2H3,(H,22,23). The molecule has 0 spiro atoms. The van der Waals surface area contributed by atoms with Gasteiger partial charge in [0.25, 0.3) is 11.7 Å². The van der Waals surface area contributed by atoms with Gasteiger partial charge in [0, 0.05) is 18.7 Å². The molecule has 124 valence electrons. The number of nitrogens with zero attached hydrogens (tertiary/aromatic N) is 1. The van der Waals surface area contributed by atoms with E-state index < -0.39 is 46.3 Å². The van der Waals surface area contributed by atoms with Crippen LogP contribution in [0.4, 0.5) is 8.78 Å². The van der Waals surface area contributed by atoms with Gasteiger partial charge in [-0.1, -0.05) is 0 Å². The molecule has 1 saturated heterocycles. The Morgan fingerprint density at radius 1 is 1.26 bits per heavy atom. The number of halogens is 2. The molecule has 1 aliphatic rings. The fourth-order valence-electron chi connectivity index (χ4n) is 2.82. The second-order valence-corrected chi connectivity index (χ2v) is 6.14. The lowest BCUT2D eigenvalue weighted by Gasteiger charge is -2.34. The van der Waals surface area contributed by atoms with Crippen LogP contribution in [0, 0.1) is 17.0 Å². The van der Waals surface area contributed by atoms with Crippen molar-refractivity contribution >= 4 is 17.7 Å². The number of hydrogen-bond acceptors (Lipinski definition) is 3. The highest BCUT2D eigenvalue weighted by Crippen LogP contribution is 2.34. The number of hydrogen-bond donors (Lipinski definition) is 1. The van der Waals surface area contributed by atoms with Gasteiger partial charge in [0.2, 0.25) is 0 Å².